The van der Waals surface area contributed by atoms with Gasteiger partial charge in [-0.3, -0.25) is 0 Å². The SMILES string of the molecule is O=C(O)c1cc(NCc2cc(Br)ccc2O)c(F)cc1F. The number of carbonyl (C=O) groups is 1. The van der Waals surface area contributed by atoms with Crippen LogP contribution in [0.5, 0.6) is 5.75 Å². The van der Waals surface area contributed by atoms with E-state index in [0.29, 0.717) is 11.6 Å². The van der Waals surface area contributed by atoms with Crippen LogP contribution >= 0.6 is 15.9 Å². The number of benzene rings is 2. The molecule has 2 rings (SSSR count). The molecule has 2 aromatic carbocycles. The van der Waals surface area contributed by atoms with Crippen molar-refractivity contribution in [2.24, 2.45) is 0 Å². The lowest BCUT2D eigenvalue weighted by atomic mass is 10.1. The van der Waals surface area contributed by atoms with Crippen LogP contribution in [0.3, 0.4) is 0 Å². The Labute approximate surface area is 127 Å². The minimum atomic E-state index is -1.49. The van der Waals surface area contributed by atoms with Gasteiger partial charge in [-0.25, -0.2) is 13.6 Å². The lowest BCUT2D eigenvalue weighted by molar-refractivity contribution is 0.0692. The second kappa shape index (κ2) is 6.09. The number of phenolic OH excluding ortho intramolecular Hbond substituents is 1. The summed E-state index contributed by atoms with van der Waals surface area (Å²) in [5.41, 5.74) is -0.310. The molecule has 0 aromatic heterocycles. The summed E-state index contributed by atoms with van der Waals surface area (Å²) in [6.45, 7) is 0.0485. The van der Waals surface area contributed by atoms with E-state index in [1.807, 2.05) is 0 Å². The Morgan fingerprint density at radius 3 is 2.57 bits per heavy atom. The third-order valence-electron chi connectivity index (χ3n) is 2.80. The molecule has 2 aromatic rings. The van der Waals surface area contributed by atoms with Crippen molar-refractivity contribution >= 4 is 27.6 Å². The van der Waals surface area contributed by atoms with Crippen molar-refractivity contribution < 1.29 is 23.8 Å². The lowest BCUT2D eigenvalue weighted by Crippen LogP contribution is -2.07. The highest BCUT2D eigenvalue weighted by molar-refractivity contribution is 9.10. The zero-order chi connectivity index (χ0) is 15.6. The summed E-state index contributed by atoms with van der Waals surface area (Å²) in [6, 6.07) is 6.11. The fourth-order valence-electron chi connectivity index (χ4n) is 1.73. The number of hydrogen-bond donors (Lipinski definition) is 3. The number of aromatic hydroxyl groups is 1. The molecule has 0 unspecified atom stereocenters. The highest BCUT2D eigenvalue weighted by Crippen LogP contribution is 2.25. The van der Waals surface area contributed by atoms with Crippen molar-refractivity contribution in [2.75, 3.05) is 5.32 Å². The fraction of sp³-hybridized carbons (Fsp3) is 0.0714. The summed E-state index contributed by atoms with van der Waals surface area (Å²) >= 11 is 3.24. The highest BCUT2D eigenvalue weighted by Gasteiger charge is 2.15. The molecule has 21 heavy (non-hydrogen) atoms. The van der Waals surface area contributed by atoms with Crippen molar-refractivity contribution in [3.63, 3.8) is 0 Å². The number of phenols is 1. The first-order valence-electron chi connectivity index (χ1n) is 5.82. The molecule has 110 valence electrons. The fourth-order valence-corrected chi connectivity index (χ4v) is 2.14. The summed E-state index contributed by atoms with van der Waals surface area (Å²) in [7, 11) is 0. The van der Waals surface area contributed by atoms with Crippen LogP contribution in [0, 0.1) is 11.6 Å². The molecule has 0 spiro atoms. The summed E-state index contributed by atoms with van der Waals surface area (Å²) in [5.74, 6) is -3.53. The van der Waals surface area contributed by atoms with E-state index in [0.717, 1.165) is 10.5 Å². The van der Waals surface area contributed by atoms with Gasteiger partial charge in [-0.2, -0.15) is 0 Å². The number of carboxylic acids is 1. The van der Waals surface area contributed by atoms with E-state index < -0.39 is 23.2 Å². The largest absolute Gasteiger partial charge is 0.508 e. The average Bonchev–Trinajstić information content (AvgIpc) is 2.41. The van der Waals surface area contributed by atoms with Gasteiger partial charge in [0.15, 0.2) is 0 Å². The number of nitrogens with one attached hydrogen (secondary N) is 1. The van der Waals surface area contributed by atoms with Crippen LogP contribution in [-0.2, 0) is 6.54 Å². The Morgan fingerprint density at radius 2 is 1.90 bits per heavy atom. The monoisotopic (exact) mass is 357 g/mol. The van der Waals surface area contributed by atoms with Crippen molar-refractivity contribution in [1.82, 2.24) is 0 Å². The van der Waals surface area contributed by atoms with E-state index in [-0.39, 0.29) is 18.0 Å². The smallest absolute Gasteiger partial charge is 0.338 e. The topological polar surface area (TPSA) is 69.6 Å². The van der Waals surface area contributed by atoms with Crippen LogP contribution in [0.25, 0.3) is 0 Å². The van der Waals surface area contributed by atoms with Gasteiger partial charge in [0.05, 0.1) is 11.3 Å². The number of anilines is 1. The molecule has 0 fully saturated rings. The van der Waals surface area contributed by atoms with Crippen molar-refractivity contribution in [3.8, 4) is 5.75 Å². The summed E-state index contributed by atoms with van der Waals surface area (Å²) in [5, 5.41) is 21.1. The van der Waals surface area contributed by atoms with E-state index in [1.54, 1.807) is 12.1 Å². The standard InChI is InChI=1S/C14H10BrF2NO3/c15-8-1-2-13(19)7(3-8)6-18-12-4-9(14(20)21)10(16)5-11(12)17/h1-5,18-19H,6H2,(H,20,21). The lowest BCUT2D eigenvalue weighted by Gasteiger charge is -2.10. The van der Waals surface area contributed by atoms with Gasteiger partial charge >= 0.3 is 5.97 Å². The molecular weight excluding hydrogens is 348 g/mol. The van der Waals surface area contributed by atoms with Crippen molar-refractivity contribution in [2.45, 2.75) is 6.54 Å². The summed E-state index contributed by atoms with van der Waals surface area (Å²) in [6.07, 6.45) is 0. The van der Waals surface area contributed by atoms with Crippen molar-refractivity contribution in [3.05, 3.63) is 57.6 Å². The Kier molecular flexibility index (Phi) is 4.42. The quantitative estimate of drug-likeness (QED) is 0.779. The van der Waals surface area contributed by atoms with Crippen molar-refractivity contribution in [1.29, 1.82) is 0 Å². The molecule has 0 aliphatic rings. The number of halogens is 3. The minimum absolute atomic E-state index is 0.00618. The number of aromatic carboxylic acids is 1. The van der Waals surface area contributed by atoms with Gasteiger partial charge in [0.1, 0.15) is 17.4 Å². The summed E-state index contributed by atoms with van der Waals surface area (Å²) in [4.78, 5) is 10.8. The first-order chi connectivity index (χ1) is 9.88. The first kappa shape index (κ1) is 15.2. The third kappa shape index (κ3) is 3.49. The van der Waals surface area contributed by atoms with Crippen LogP contribution in [0.15, 0.2) is 34.8 Å². The molecule has 0 radical (unpaired) electrons. The molecule has 0 atom stereocenters. The van der Waals surface area contributed by atoms with Gasteiger partial charge in [-0.05, 0) is 24.3 Å². The second-order valence-corrected chi connectivity index (χ2v) is 5.16. The third-order valence-corrected chi connectivity index (χ3v) is 3.29. The Balaban J connectivity index is 2.25. The van der Waals surface area contributed by atoms with Gasteiger partial charge in [-0.1, -0.05) is 15.9 Å². The van der Waals surface area contributed by atoms with Crippen LogP contribution in [0.4, 0.5) is 14.5 Å². The molecule has 3 N–H and O–H groups in total. The minimum Gasteiger partial charge on any atom is -0.508 e. The van der Waals surface area contributed by atoms with Crippen LogP contribution in [0.1, 0.15) is 15.9 Å². The average molecular weight is 358 g/mol. The predicted octanol–water partition coefficient (Wildman–Crippen LogP) is 3.74. The molecule has 0 bridgehead atoms. The predicted molar refractivity (Wildman–Crippen MR) is 76.5 cm³/mol. The van der Waals surface area contributed by atoms with Gasteiger partial charge in [0, 0.05) is 22.6 Å². The molecule has 4 nitrogen and oxygen atoms in total. The molecule has 0 heterocycles. The molecule has 0 saturated heterocycles. The zero-order valence-electron chi connectivity index (χ0n) is 10.5. The maximum atomic E-state index is 13.6. The van der Waals surface area contributed by atoms with E-state index in [9.17, 15) is 18.7 Å². The van der Waals surface area contributed by atoms with Crippen LogP contribution in [-0.4, -0.2) is 16.2 Å². The summed E-state index contributed by atoms with van der Waals surface area (Å²) < 4.78 is 27.6. The van der Waals surface area contributed by atoms with Crippen LogP contribution in [0.2, 0.25) is 0 Å². The second-order valence-electron chi connectivity index (χ2n) is 4.24. The Bertz CT molecular complexity index is 707. The first-order valence-corrected chi connectivity index (χ1v) is 6.61. The van der Waals surface area contributed by atoms with E-state index in [1.165, 1.54) is 6.07 Å². The highest BCUT2D eigenvalue weighted by atomic mass is 79.9. The number of rotatable bonds is 4. The van der Waals surface area contributed by atoms with E-state index >= 15 is 0 Å². The van der Waals surface area contributed by atoms with Gasteiger partial charge < -0.3 is 15.5 Å². The van der Waals surface area contributed by atoms with E-state index in [4.69, 9.17) is 5.11 Å². The maximum Gasteiger partial charge on any atom is 0.338 e. The molecule has 0 aliphatic heterocycles. The zero-order valence-corrected chi connectivity index (χ0v) is 12.1. The van der Waals surface area contributed by atoms with E-state index in [2.05, 4.69) is 21.2 Å². The molecule has 7 heteroatoms. The number of hydrogen-bond acceptors (Lipinski definition) is 3. The molecule has 0 saturated carbocycles. The van der Waals surface area contributed by atoms with Crippen LogP contribution < -0.4 is 5.32 Å². The normalized spacial score (nSPS) is 10.4. The Hall–Kier alpha value is -2.15. The number of carboxylic acid groups (broad SMARTS) is 1. The van der Waals surface area contributed by atoms with Gasteiger partial charge in [-0.15, -0.1) is 0 Å². The maximum absolute atomic E-state index is 13.6. The Morgan fingerprint density at radius 1 is 1.19 bits per heavy atom. The van der Waals surface area contributed by atoms with Gasteiger partial charge in [0.25, 0.3) is 0 Å². The van der Waals surface area contributed by atoms with Gasteiger partial charge in [0.2, 0.25) is 0 Å². The molecule has 0 aliphatic carbocycles. The molecule has 0 amide bonds. The molecular formula is C14H10BrF2NO3.